The summed E-state index contributed by atoms with van der Waals surface area (Å²) in [6.07, 6.45) is 0.385. The highest BCUT2D eigenvalue weighted by atomic mass is 16.7. The minimum Gasteiger partial charge on any atom is -0.454 e. The van der Waals surface area contributed by atoms with E-state index in [1.54, 1.807) is 0 Å². The number of ketones is 1. The number of imide groups is 1. The smallest absolute Gasteiger partial charge is 0.325 e. The Morgan fingerprint density at radius 1 is 1.03 bits per heavy atom. The first-order chi connectivity index (χ1) is 16.8. The second-order valence-corrected chi connectivity index (χ2v) is 8.93. The summed E-state index contributed by atoms with van der Waals surface area (Å²) in [6.45, 7) is 6.11. The lowest BCUT2D eigenvalue weighted by molar-refractivity contribution is -0.131. The van der Waals surface area contributed by atoms with Crippen molar-refractivity contribution in [2.24, 2.45) is 0 Å². The van der Waals surface area contributed by atoms with E-state index in [9.17, 15) is 14.4 Å². The maximum Gasteiger partial charge on any atom is 0.325 e. The van der Waals surface area contributed by atoms with E-state index in [-0.39, 0.29) is 19.1 Å². The summed E-state index contributed by atoms with van der Waals surface area (Å²) in [5.74, 6) is 0.743. The van der Waals surface area contributed by atoms with Crippen LogP contribution in [0.2, 0.25) is 0 Å². The molecule has 3 aromatic rings. The number of ether oxygens (including phenoxy) is 2. The van der Waals surface area contributed by atoms with E-state index in [2.05, 4.69) is 5.32 Å². The van der Waals surface area contributed by atoms with Crippen molar-refractivity contribution in [1.82, 2.24) is 14.8 Å². The van der Waals surface area contributed by atoms with Crippen LogP contribution in [0.25, 0.3) is 0 Å². The third-order valence-electron chi connectivity index (χ3n) is 6.93. The molecular weight excluding hydrogens is 446 g/mol. The molecule has 1 atom stereocenters. The van der Waals surface area contributed by atoms with Gasteiger partial charge in [-0.15, -0.1) is 0 Å². The van der Waals surface area contributed by atoms with Crippen LogP contribution in [0, 0.1) is 13.8 Å². The van der Waals surface area contributed by atoms with Crippen LogP contribution in [0.3, 0.4) is 0 Å². The van der Waals surface area contributed by atoms with Gasteiger partial charge in [0.2, 0.25) is 6.79 Å². The zero-order valence-electron chi connectivity index (χ0n) is 20.0. The van der Waals surface area contributed by atoms with Gasteiger partial charge in [0.1, 0.15) is 5.54 Å². The van der Waals surface area contributed by atoms with Gasteiger partial charge >= 0.3 is 6.03 Å². The number of benzene rings is 2. The van der Waals surface area contributed by atoms with Crippen molar-refractivity contribution in [2.75, 3.05) is 13.3 Å². The summed E-state index contributed by atoms with van der Waals surface area (Å²) in [5.41, 5.74) is 2.75. The molecule has 0 radical (unpaired) electrons. The summed E-state index contributed by atoms with van der Waals surface area (Å²) in [5, 5.41) is 2.83. The normalized spacial score (nSPS) is 18.8. The van der Waals surface area contributed by atoms with E-state index in [4.69, 9.17) is 9.47 Å². The van der Waals surface area contributed by atoms with Crippen molar-refractivity contribution in [1.29, 1.82) is 0 Å². The predicted molar refractivity (Wildman–Crippen MR) is 129 cm³/mol. The van der Waals surface area contributed by atoms with Crippen molar-refractivity contribution in [2.45, 2.75) is 39.3 Å². The number of aryl methyl sites for hydroxylation is 1. The van der Waals surface area contributed by atoms with Crippen LogP contribution < -0.4 is 14.8 Å². The fraction of sp³-hybridized carbons (Fsp3) is 0.296. The van der Waals surface area contributed by atoms with Gasteiger partial charge in [0.05, 0.1) is 6.54 Å². The van der Waals surface area contributed by atoms with Gasteiger partial charge in [-0.2, -0.15) is 0 Å². The fourth-order valence-corrected chi connectivity index (χ4v) is 4.91. The number of hydrogen-bond acceptors (Lipinski definition) is 5. The number of nitrogens with one attached hydrogen (secondary N) is 1. The highest BCUT2D eigenvalue weighted by Crippen LogP contribution is 2.34. The Kier molecular flexibility index (Phi) is 5.59. The molecule has 0 unspecified atom stereocenters. The van der Waals surface area contributed by atoms with E-state index in [1.165, 1.54) is 0 Å². The maximum absolute atomic E-state index is 13.4. The van der Waals surface area contributed by atoms with E-state index in [0.717, 1.165) is 27.6 Å². The van der Waals surface area contributed by atoms with Crippen LogP contribution in [0.15, 0.2) is 54.6 Å². The molecule has 0 saturated carbocycles. The Morgan fingerprint density at radius 3 is 2.51 bits per heavy atom. The third-order valence-corrected chi connectivity index (χ3v) is 6.93. The average Bonchev–Trinajstić information content (AvgIpc) is 3.51. The molecule has 8 heteroatoms. The Labute approximate surface area is 203 Å². The van der Waals surface area contributed by atoms with Gasteiger partial charge in [-0.3, -0.25) is 14.5 Å². The van der Waals surface area contributed by atoms with Gasteiger partial charge in [0.25, 0.3) is 5.91 Å². The van der Waals surface area contributed by atoms with Crippen molar-refractivity contribution < 1.29 is 23.9 Å². The molecule has 180 valence electrons. The second-order valence-electron chi connectivity index (χ2n) is 8.93. The number of carbonyl (C=O) groups excluding carboxylic acids is 3. The summed E-state index contributed by atoms with van der Waals surface area (Å²) in [7, 11) is 0. The van der Waals surface area contributed by atoms with Gasteiger partial charge in [-0.05, 0) is 49.6 Å². The molecule has 8 nitrogen and oxygen atoms in total. The van der Waals surface area contributed by atoms with Crippen molar-refractivity contribution in [3.05, 3.63) is 82.7 Å². The number of Topliss-reactive ketones (excluding diaryl/α,β-unsaturated/α-hetero) is 1. The van der Waals surface area contributed by atoms with E-state index in [0.29, 0.717) is 29.8 Å². The largest absolute Gasteiger partial charge is 0.454 e. The molecule has 2 aliphatic rings. The fourth-order valence-electron chi connectivity index (χ4n) is 4.91. The Hall–Kier alpha value is -4.07. The van der Waals surface area contributed by atoms with Gasteiger partial charge in [-0.25, -0.2) is 4.79 Å². The molecule has 3 heterocycles. The molecule has 0 bridgehead atoms. The average molecular weight is 474 g/mol. The lowest BCUT2D eigenvalue weighted by Crippen LogP contribution is -2.43. The van der Waals surface area contributed by atoms with Gasteiger partial charge < -0.3 is 19.4 Å². The molecule has 2 aromatic carbocycles. The van der Waals surface area contributed by atoms with Crippen molar-refractivity contribution >= 4 is 17.7 Å². The molecule has 35 heavy (non-hydrogen) atoms. The summed E-state index contributed by atoms with van der Waals surface area (Å²) in [4.78, 5) is 40.5. The minimum atomic E-state index is -1.16. The molecule has 5 rings (SSSR count). The first-order valence-corrected chi connectivity index (χ1v) is 11.6. The van der Waals surface area contributed by atoms with Crippen molar-refractivity contribution in [3.8, 4) is 11.5 Å². The van der Waals surface area contributed by atoms with Crippen LogP contribution in [-0.2, 0) is 16.9 Å². The number of fused-ring (bicyclic) bond motifs is 1. The van der Waals surface area contributed by atoms with Crippen LogP contribution >= 0.6 is 0 Å². The molecule has 3 amide bonds. The van der Waals surface area contributed by atoms with E-state index >= 15 is 0 Å². The lowest BCUT2D eigenvalue weighted by atomic mass is 9.87. The van der Waals surface area contributed by atoms with Crippen LogP contribution in [0.4, 0.5) is 4.79 Å². The maximum atomic E-state index is 13.4. The quantitative estimate of drug-likeness (QED) is 0.415. The lowest BCUT2D eigenvalue weighted by Gasteiger charge is -2.25. The zero-order valence-corrected chi connectivity index (χ0v) is 20.0. The molecule has 2 aliphatic heterocycles. The second kappa shape index (κ2) is 8.61. The number of rotatable bonds is 7. The highest BCUT2D eigenvalue weighted by Gasteiger charge is 2.51. The predicted octanol–water partition coefficient (Wildman–Crippen LogP) is 3.92. The number of amides is 3. The Balaban J connectivity index is 1.37. The Morgan fingerprint density at radius 2 is 1.77 bits per heavy atom. The number of hydrogen-bond donors (Lipinski definition) is 1. The van der Waals surface area contributed by atoms with E-state index < -0.39 is 17.5 Å². The highest BCUT2D eigenvalue weighted by molar-refractivity contribution is 6.11. The molecule has 1 fully saturated rings. The van der Waals surface area contributed by atoms with E-state index in [1.807, 2.05) is 79.9 Å². The van der Waals surface area contributed by atoms with Gasteiger partial charge in [-0.1, -0.05) is 43.3 Å². The first kappa shape index (κ1) is 22.7. The SMILES string of the molecule is CC[C@@]1(c2ccccc2)NC(=O)N(CC(=O)c2cc(C)n(Cc3ccc4c(c3)OCO4)c2C)C1=O. The molecule has 1 N–H and O–H groups in total. The molecule has 1 saturated heterocycles. The molecule has 0 spiro atoms. The molecule has 0 aliphatic carbocycles. The number of nitrogens with zero attached hydrogens (tertiary/aromatic N) is 2. The monoisotopic (exact) mass is 473 g/mol. The minimum absolute atomic E-state index is 0.214. The first-order valence-electron chi connectivity index (χ1n) is 11.6. The summed E-state index contributed by atoms with van der Waals surface area (Å²) in [6, 6.07) is 16.2. The van der Waals surface area contributed by atoms with Gasteiger partial charge in [0.15, 0.2) is 17.3 Å². The summed E-state index contributed by atoms with van der Waals surface area (Å²) < 4.78 is 12.9. The molecule has 1 aromatic heterocycles. The Bertz CT molecular complexity index is 1330. The van der Waals surface area contributed by atoms with Gasteiger partial charge in [0, 0.05) is 23.5 Å². The van der Waals surface area contributed by atoms with Crippen LogP contribution in [0.1, 0.15) is 46.2 Å². The number of carbonyl (C=O) groups is 3. The topological polar surface area (TPSA) is 89.9 Å². The number of aromatic nitrogens is 1. The van der Waals surface area contributed by atoms with Crippen LogP contribution in [-0.4, -0.2) is 40.5 Å². The third kappa shape index (κ3) is 3.75. The van der Waals surface area contributed by atoms with Crippen molar-refractivity contribution in [3.63, 3.8) is 0 Å². The summed E-state index contributed by atoms with van der Waals surface area (Å²) >= 11 is 0. The standard InChI is InChI=1S/C27H27N3O5/c1-4-27(20-8-6-5-7-9-20)25(32)30(26(33)28-27)15-22(31)21-12-17(2)29(18(21)3)14-19-10-11-23-24(13-19)35-16-34-23/h5-13H,4,14-16H2,1-3H3,(H,28,33)/t27-/m0/s1. The number of urea groups is 1. The van der Waals surface area contributed by atoms with Crippen LogP contribution in [0.5, 0.6) is 11.5 Å². The molecular formula is C27H27N3O5. The zero-order chi connectivity index (χ0) is 24.7.